The Morgan fingerprint density at radius 2 is 1.71 bits per heavy atom. The van der Waals surface area contributed by atoms with E-state index in [9.17, 15) is 18.0 Å². The number of amides is 1. The monoisotopic (exact) mass is 315 g/mol. The number of hydrogen-bond donors (Lipinski definition) is 1. The summed E-state index contributed by atoms with van der Waals surface area (Å²) in [6, 6.07) is 4.02. The molecule has 1 N–H and O–H groups in total. The third-order valence-corrected chi connectivity index (χ3v) is 2.05. The summed E-state index contributed by atoms with van der Waals surface area (Å²) in [4.78, 5) is 11.0. The van der Waals surface area contributed by atoms with E-state index in [4.69, 9.17) is 0 Å². The van der Waals surface area contributed by atoms with Crippen LogP contribution in [0.1, 0.15) is 15.9 Å². The van der Waals surface area contributed by atoms with E-state index in [0.29, 0.717) is 0 Å². The fourth-order valence-corrected chi connectivity index (χ4v) is 1.18. The van der Waals surface area contributed by atoms with Crippen molar-refractivity contribution in [3.63, 3.8) is 0 Å². The molecule has 14 heavy (non-hydrogen) atoms. The molecule has 0 atom stereocenters. The van der Waals surface area contributed by atoms with Gasteiger partial charge in [0.15, 0.2) is 0 Å². The lowest BCUT2D eigenvalue weighted by molar-refractivity contribution is -0.137. The molecule has 0 spiro atoms. The molecule has 0 aliphatic rings. The third-order valence-electron chi connectivity index (χ3n) is 1.56. The number of alkyl halides is 3. The van der Waals surface area contributed by atoms with Crippen LogP contribution in [0, 0.1) is 0 Å². The average molecular weight is 315 g/mol. The van der Waals surface area contributed by atoms with Gasteiger partial charge in [0, 0.05) is 5.56 Å². The van der Waals surface area contributed by atoms with Crippen LogP contribution in [0.3, 0.4) is 0 Å². The van der Waals surface area contributed by atoms with Gasteiger partial charge in [-0.3, -0.25) is 8.32 Å². The molecule has 0 aliphatic carbocycles. The van der Waals surface area contributed by atoms with Crippen LogP contribution < -0.4 is 3.53 Å². The summed E-state index contributed by atoms with van der Waals surface area (Å²) < 4.78 is 38.6. The second-order valence-electron chi connectivity index (χ2n) is 2.50. The fraction of sp³-hybridized carbons (Fsp3) is 0.125. The Kier molecular flexibility index (Phi) is 3.35. The van der Waals surface area contributed by atoms with E-state index < -0.39 is 17.6 Å². The van der Waals surface area contributed by atoms with Crippen LogP contribution in [0.2, 0.25) is 0 Å². The number of hydrogen-bond acceptors (Lipinski definition) is 1. The van der Waals surface area contributed by atoms with Gasteiger partial charge in [0.2, 0.25) is 0 Å². The molecule has 76 valence electrons. The Bertz CT molecular complexity index is 333. The topological polar surface area (TPSA) is 29.1 Å². The van der Waals surface area contributed by atoms with E-state index in [1.807, 2.05) is 0 Å². The summed E-state index contributed by atoms with van der Waals surface area (Å²) in [5.41, 5.74) is -0.560. The summed E-state index contributed by atoms with van der Waals surface area (Å²) in [5.74, 6) is -0.417. The zero-order chi connectivity index (χ0) is 10.8. The van der Waals surface area contributed by atoms with Gasteiger partial charge in [-0.05, 0) is 24.3 Å². The Balaban J connectivity index is 2.95. The van der Waals surface area contributed by atoms with E-state index in [0.717, 1.165) is 24.3 Å². The first-order valence-electron chi connectivity index (χ1n) is 3.53. The van der Waals surface area contributed by atoms with E-state index in [1.165, 1.54) is 0 Å². The number of carbonyl (C=O) groups excluding carboxylic acids is 1. The van der Waals surface area contributed by atoms with E-state index in [1.54, 1.807) is 22.9 Å². The second-order valence-corrected chi connectivity index (χ2v) is 3.04. The highest BCUT2D eigenvalue weighted by molar-refractivity contribution is 14.1. The van der Waals surface area contributed by atoms with Gasteiger partial charge >= 0.3 is 6.18 Å². The van der Waals surface area contributed by atoms with Gasteiger partial charge in [-0.25, -0.2) is 0 Å². The van der Waals surface area contributed by atoms with Gasteiger partial charge in [-0.1, -0.05) is 0 Å². The van der Waals surface area contributed by atoms with Gasteiger partial charge in [0.05, 0.1) is 28.4 Å². The minimum absolute atomic E-state index is 0.201. The smallest absolute Gasteiger partial charge is 0.295 e. The second kappa shape index (κ2) is 4.16. The van der Waals surface area contributed by atoms with Crippen LogP contribution >= 0.6 is 22.9 Å². The lowest BCUT2D eigenvalue weighted by atomic mass is 10.1. The lowest BCUT2D eigenvalue weighted by Crippen LogP contribution is -2.12. The van der Waals surface area contributed by atoms with E-state index in [2.05, 4.69) is 3.53 Å². The molecule has 0 aliphatic heterocycles. The summed E-state index contributed by atoms with van der Waals surface area (Å²) in [6.45, 7) is 0. The molecule has 0 bridgehead atoms. The first-order valence-corrected chi connectivity index (χ1v) is 4.61. The zero-order valence-corrected chi connectivity index (χ0v) is 8.89. The van der Waals surface area contributed by atoms with Crippen LogP contribution in [0.25, 0.3) is 0 Å². The molecular weight excluding hydrogens is 310 g/mol. The van der Waals surface area contributed by atoms with Crippen molar-refractivity contribution >= 4 is 28.8 Å². The molecule has 1 aromatic rings. The van der Waals surface area contributed by atoms with E-state index >= 15 is 0 Å². The maximum atomic E-state index is 12.1. The molecule has 6 heteroatoms. The molecule has 1 amide bonds. The van der Waals surface area contributed by atoms with Crippen molar-refractivity contribution in [2.75, 3.05) is 0 Å². The predicted octanol–water partition coefficient (Wildman–Crippen LogP) is 2.79. The summed E-state index contributed by atoms with van der Waals surface area (Å²) in [7, 11) is 0. The first-order chi connectivity index (χ1) is 6.45. The summed E-state index contributed by atoms with van der Waals surface area (Å²) in [6.07, 6.45) is -4.36. The van der Waals surface area contributed by atoms with Crippen molar-refractivity contribution in [1.82, 2.24) is 3.53 Å². The first kappa shape index (κ1) is 11.3. The number of benzene rings is 1. The number of carbonyl (C=O) groups is 1. The standard InChI is InChI=1S/C8H5F3INO/c9-8(10,11)6-3-1-5(2-4-6)7(14)13-12/h1-4H,(H,13,14). The molecule has 0 heterocycles. The molecule has 1 aromatic carbocycles. The van der Waals surface area contributed by atoms with Gasteiger partial charge in [0.25, 0.3) is 5.91 Å². The van der Waals surface area contributed by atoms with Crippen LogP contribution in [0.5, 0.6) is 0 Å². The Hall–Kier alpha value is -0.790. The maximum absolute atomic E-state index is 12.1. The molecular formula is C8H5F3INO. The van der Waals surface area contributed by atoms with Crippen molar-refractivity contribution in [1.29, 1.82) is 0 Å². The van der Waals surface area contributed by atoms with Crippen LogP contribution in [0.15, 0.2) is 24.3 Å². The van der Waals surface area contributed by atoms with Crippen molar-refractivity contribution in [3.05, 3.63) is 35.4 Å². The average Bonchev–Trinajstić information content (AvgIpc) is 2.15. The highest BCUT2D eigenvalue weighted by atomic mass is 127. The molecule has 1 rings (SSSR count). The summed E-state index contributed by atoms with van der Waals surface area (Å²) in [5, 5.41) is 0. The molecule has 0 saturated heterocycles. The maximum Gasteiger partial charge on any atom is 0.416 e. The van der Waals surface area contributed by atoms with Gasteiger partial charge in [-0.2, -0.15) is 13.2 Å². The zero-order valence-electron chi connectivity index (χ0n) is 6.73. The van der Waals surface area contributed by atoms with Gasteiger partial charge in [-0.15, -0.1) is 0 Å². The SMILES string of the molecule is O=C(NI)c1ccc(C(F)(F)F)cc1. The normalized spacial score (nSPS) is 11.1. The molecule has 0 saturated carbocycles. The minimum atomic E-state index is -4.36. The number of nitrogens with one attached hydrogen (secondary N) is 1. The highest BCUT2D eigenvalue weighted by Crippen LogP contribution is 2.28. The molecule has 0 aromatic heterocycles. The molecule has 0 unspecified atom stereocenters. The Morgan fingerprint density at radius 3 is 2.07 bits per heavy atom. The van der Waals surface area contributed by atoms with Crippen LogP contribution in [-0.4, -0.2) is 5.91 Å². The minimum Gasteiger partial charge on any atom is -0.295 e. The molecule has 2 nitrogen and oxygen atoms in total. The Labute approximate surface area is 92.0 Å². The van der Waals surface area contributed by atoms with Crippen molar-refractivity contribution < 1.29 is 18.0 Å². The lowest BCUT2D eigenvalue weighted by Gasteiger charge is -2.06. The van der Waals surface area contributed by atoms with Gasteiger partial charge < -0.3 is 0 Å². The van der Waals surface area contributed by atoms with Crippen molar-refractivity contribution in [2.24, 2.45) is 0 Å². The highest BCUT2D eigenvalue weighted by Gasteiger charge is 2.30. The molecule has 0 radical (unpaired) electrons. The van der Waals surface area contributed by atoms with Gasteiger partial charge in [0.1, 0.15) is 0 Å². The van der Waals surface area contributed by atoms with Crippen molar-refractivity contribution in [3.8, 4) is 0 Å². The fourth-order valence-electron chi connectivity index (χ4n) is 0.865. The summed E-state index contributed by atoms with van der Waals surface area (Å²) >= 11 is 1.62. The number of halogens is 4. The third kappa shape index (κ3) is 2.60. The largest absolute Gasteiger partial charge is 0.416 e. The Morgan fingerprint density at radius 1 is 1.21 bits per heavy atom. The van der Waals surface area contributed by atoms with E-state index in [-0.39, 0.29) is 5.56 Å². The van der Waals surface area contributed by atoms with Crippen LogP contribution in [0.4, 0.5) is 13.2 Å². The van der Waals surface area contributed by atoms with Crippen molar-refractivity contribution in [2.45, 2.75) is 6.18 Å². The molecule has 0 fully saturated rings. The van der Waals surface area contributed by atoms with Crippen LogP contribution in [-0.2, 0) is 6.18 Å². The quantitative estimate of drug-likeness (QED) is 0.627. The number of rotatable bonds is 1. The predicted molar refractivity (Wildman–Crippen MR) is 52.9 cm³/mol.